The number of urea groups is 1. The van der Waals surface area contributed by atoms with E-state index in [4.69, 9.17) is 9.84 Å². The zero-order valence-corrected chi connectivity index (χ0v) is 9.02. The zero-order chi connectivity index (χ0) is 13.9. The molecular weight excluding hydrogens is 261 g/mol. The molecular formula is C8H13F3N2O5. The Bertz CT molecular complexity index is 301. The molecule has 0 aromatic rings. The van der Waals surface area contributed by atoms with Gasteiger partial charge in [-0.2, -0.15) is 13.2 Å². The second-order valence-corrected chi connectivity index (χ2v) is 3.74. The van der Waals surface area contributed by atoms with Crippen molar-refractivity contribution in [3.05, 3.63) is 0 Å². The molecule has 0 bridgehead atoms. The van der Waals surface area contributed by atoms with Crippen LogP contribution in [0.15, 0.2) is 0 Å². The van der Waals surface area contributed by atoms with E-state index in [9.17, 15) is 28.2 Å². The molecule has 0 spiro atoms. The lowest BCUT2D eigenvalue weighted by Gasteiger charge is -2.37. The van der Waals surface area contributed by atoms with Gasteiger partial charge < -0.3 is 25.4 Å². The van der Waals surface area contributed by atoms with Gasteiger partial charge in [0.05, 0.1) is 19.3 Å². The topological polar surface area (TPSA) is 111 Å². The van der Waals surface area contributed by atoms with Crippen LogP contribution in [0.5, 0.6) is 0 Å². The predicted molar refractivity (Wildman–Crippen MR) is 50.3 cm³/mol. The van der Waals surface area contributed by atoms with Crippen LogP contribution in [0.3, 0.4) is 0 Å². The van der Waals surface area contributed by atoms with Crippen LogP contribution in [0.1, 0.15) is 0 Å². The van der Waals surface area contributed by atoms with Crippen molar-refractivity contribution in [1.29, 1.82) is 0 Å². The molecule has 1 heterocycles. The number of hydrogen-bond donors (Lipinski definition) is 5. The number of alkyl halides is 3. The van der Waals surface area contributed by atoms with Crippen LogP contribution < -0.4 is 10.6 Å². The Kier molecular flexibility index (Phi) is 4.73. The highest BCUT2D eigenvalue weighted by Crippen LogP contribution is 2.15. The molecule has 0 saturated carbocycles. The van der Waals surface area contributed by atoms with Crippen LogP contribution in [0, 0.1) is 0 Å². The third-order valence-corrected chi connectivity index (χ3v) is 2.38. The van der Waals surface area contributed by atoms with Crippen molar-refractivity contribution in [3.8, 4) is 0 Å². The van der Waals surface area contributed by atoms with Gasteiger partial charge in [0, 0.05) is 0 Å². The highest BCUT2D eigenvalue weighted by atomic mass is 19.4. The van der Waals surface area contributed by atoms with Gasteiger partial charge in [0.1, 0.15) is 18.3 Å². The molecule has 1 aliphatic rings. The molecule has 7 nitrogen and oxygen atoms in total. The van der Waals surface area contributed by atoms with Crippen LogP contribution in [-0.4, -0.2) is 65.2 Å². The maximum Gasteiger partial charge on any atom is 0.485 e. The molecule has 1 rings (SSSR count). The summed E-state index contributed by atoms with van der Waals surface area (Å²) in [5.41, 5.74) is 0. The molecule has 0 radical (unpaired) electrons. The van der Waals surface area contributed by atoms with E-state index >= 15 is 0 Å². The minimum Gasteiger partial charge on any atom is -0.394 e. The molecule has 0 aromatic heterocycles. The summed E-state index contributed by atoms with van der Waals surface area (Å²) in [7, 11) is 0. The van der Waals surface area contributed by atoms with Gasteiger partial charge in [-0.1, -0.05) is 0 Å². The number of aliphatic hydroxyl groups excluding tert-OH is 3. The number of halogens is 3. The highest BCUT2D eigenvalue weighted by molar-refractivity contribution is 5.74. The van der Waals surface area contributed by atoms with Crippen molar-refractivity contribution >= 4 is 6.03 Å². The van der Waals surface area contributed by atoms with Crippen molar-refractivity contribution in [2.45, 2.75) is 30.7 Å². The van der Waals surface area contributed by atoms with Gasteiger partial charge in [-0.05, 0) is 0 Å². The van der Waals surface area contributed by atoms with Gasteiger partial charge >= 0.3 is 12.3 Å². The lowest BCUT2D eigenvalue weighted by molar-refractivity contribution is -0.162. The molecule has 1 fully saturated rings. The monoisotopic (exact) mass is 274 g/mol. The van der Waals surface area contributed by atoms with Gasteiger partial charge in [0.15, 0.2) is 0 Å². The van der Waals surface area contributed by atoms with E-state index in [1.54, 1.807) is 0 Å². The van der Waals surface area contributed by atoms with Crippen LogP contribution in [0.25, 0.3) is 0 Å². The Morgan fingerprint density at radius 3 is 2.44 bits per heavy atom. The normalized spacial score (nSPS) is 33.0. The van der Waals surface area contributed by atoms with Gasteiger partial charge in [-0.3, -0.25) is 0 Å². The molecule has 18 heavy (non-hydrogen) atoms. The minimum absolute atomic E-state index is 0.325. The van der Waals surface area contributed by atoms with Gasteiger partial charge in [0.25, 0.3) is 0 Å². The number of ether oxygens (including phenoxy) is 1. The molecule has 106 valence electrons. The Balaban J connectivity index is 2.51. The standard InChI is InChI=1S/C8H13F3N2O5/c9-8(10,11)13-7(17)12-3-2-18-4(1-14)6(16)5(3)15/h3-6,14-16H,1-2H2,(H2,12,13,17)/t3-,4+,5+,6+/m0/s1. The SMILES string of the molecule is O=C(N[C@H]1CO[C@H](CO)[C@@H](O)[C@@H]1O)NC(F)(F)F. The van der Waals surface area contributed by atoms with E-state index < -0.39 is 43.3 Å². The summed E-state index contributed by atoms with van der Waals surface area (Å²) in [6.45, 7) is -0.881. The first-order valence-electron chi connectivity index (χ1n) is 4.98. The largest absolute Gasteiger partial charge is 0.485 e. The van der Waals surface area contributed by atoms with Crippen molar-refractivity contribution in [3.63, 3.8) is 0 Å². The Labute approximate surface area is 99.5 Å². The predicted octanol–water partition coefficient (Wildman–Crippen LogP) is -1.71. The van der Waals surface area contributed by atoms with Crippen LogP contribution in [0.2, 0.25) is 0 Å². The third kappa shape index (κ3) is 3.98. The summed E-state index contributed by atoms with van der Waals surface area (Å²) in [5.74, 6) is 0. The Morgan fingerprint density at radius 1 is 1.33 bits per heavy atom. The van der Waals surface area contributed by atoms with Gasteiger partial charge in [-0.15, -0.1) is 0 Å². The van der Waals surface area contributed by atoms with Crippen LogP contribution in [0.4, 0.5) is 18.0 Å². The lowest BCUT2D eigenvalue weighted by atomic mass is 9.98. The molecule has 1 saturated heterocycles. The van der Waals surface area contributed by atoms with Crippen LogP contribution in [-0.2, 0) is 4.74 Å². The van der Waals surface area contributed by atoms with Gasteiger partial charge in [0.2, 0.25) is 0 Å². The second kappa shape index (κ2) is 5.69. The number of nitrogens with one attached hydrogen (secondary N) is 2. The maximum absolute atomic E-state index is 11.8. The average Bonchev–Trinajstić information content (AvgIpc) is 2.22. The smallest absolute Gasteiger partial charge is 0.394 e. The summed E-state index contributed by atoms with van der Waals surface area (Å²) < 4.78 is 40.3. The fraction of sp³-hybridized carbons (Fsp3) is 0.875. The molecule has 2 amide bonds. The number of carbonyl (C=O) groups is 1. The van der Waals surface area contributed by atoms with Crippen LogP contribution >= 0.6 is 0 Å². The average molecular weight is 274 g/mol. The molecule has 5 N–H and O–H groups in total. The van der Waals surface area contributed by atoms with E-state index in [1.165, 1.54) is 0 Å². The summed E-state index contributed by atoms with van der Waals surface area (Å²) >= 11 is 0. The zero-order valence-electron chi connectivity index (χ0n) is 9.02. The first kappa shape index (κ1) is 15.0. The Hall–Kier alpha value is -1.10. The number of amides is 2. The summed E-state index contributed by atoms with van der Waals surface area (Å²) in [5, 5.41) is 30.2. The van der Waals surface area contributed by atoms with Crippen molar-refractivity contribution < 1.29 is 38.0 Å². The number of aliphatic hydroxyl groups is 3. The van der Waals surface area contributed by atoms with E-state index in [0.717, 1.165) is 0 Å². The quantitative estimate of drug-likeness (QED) is 0.385. The molecule has 0 aromatic carbocycles. The van der Waals surface area contributed by atoms with Crippen molar-refractivity contribution in [2.24, 2.45) is 0 Å². The van der Waals surface area contributed by atoms with E-state index in [-0.39, 0.29) is 6.61 Å². The minimum atomic E-state index is -4.89. The van der Waals surface area contributed by atoms with E-state index in [1.807, 2.05) is 5.32 Å². The first-order chi connectivity index (χ1) is 8.24. The van der Waals surface area contributed by atoms with Gasteiger partial charge in [-0.25, -0.2) is 10.1 Å². The highest BCUT2D eigenvalue weighted by Gasteiger charge is 2.40. The number of carbonyl (C=O) groups excluding carboxylic acids is 1. The molecule has 0 aliphatic carbocycles. The molecule has 0 unspecified atom stereocenters. The fourth-order valence-corrected chi connectivity index (χ4v) is 1.50. The second-order valence-electron chi connectivity index (χ2n) is 3.74. The maximum atomic E-state index is 11.8. The summed E-state index contributed by atoms with van der Waals surface area (Å²) in [6.07, 6.45) is -8.96. The Morgan fingerprint density at radius 2 is 1.94 bits per heavy atom. The fourth-order valence-electron chi connectivity index (χ4n) is 1.50. The first-order valence-corrected chi connectivity index (χ1v) is 4.98. The third-order valence-electron chi connectivity index (χ3n) is 2.38. The molecule has 1 aliphatic heterocycles. The molecule has 4 atom stereocenters. The molecule has 10 heteroatoms. The lowest BCUT2D eigenvalue weighted by Crippen LogP contribution is -2.61. The van der Waals surface area contributed by atoms with Crippen molar-refractivity contribution in [1.82, 2.24) is 10.6 Å². The van der Waals surface area contributed by atoms with E-state index in [2.05, 4.69) is 0 Å². The number of rotatable bonds is 2. The number of hydrogen-bond acceptors (Lipinski definition) is 5. The summed E-state index contributed by atoms with van der Waals surface area (Å²) in [6, 6.07) is -2.77. The van der Waals surface area contributed by atoms with Crippen molar-refractivity contribution in [2.75, 3.05) is 13.2 Å². The van der Waals surface area contributed by atoms with E-state index in [0.29, 0.717) is 5.32 Å². The summed E-state index contributed by atoms with van der Waals surface area (Å²) in [4.78, 5) is 10.9.